The van der Waals surface area contributed by atoms with Crippen LogP contribution in [0.15, 0.2) is 4.90 Å². The Hall–Kier alpha value is -0.630. The highest BCUT2D eigenvalue weighted by molar-refractivity contribution is 7.89. The summed E-state index contributed by atoms with van der Waals surface area (Å²) in [5.41, 5.74) is 6.52. The van der Waals surface area contributed by atoms with E-state index in [4.69, 9.17) is 5.73 Å². The topological polar surface area (TPSA) is 90.0 Å². The van der Waals surface area contributed by atoms with Gasteiger partial charge in [0.1, 0.15) is 4.90 Å². The molecule has 0 aliphatic heterocycles. The van der Waals surface area contributed by atoms with Gasteiger partial charge in [-0.15, -0.1) is 12.4 Å². The highest BCUT2D eigenvalue weighted by atomic mass is 35.5. The molecule has 1 aromatic rings. The number of nitrogens with one attached hydrogen (secondary N) is 1. The number of unbranched alkanes of at least 4 members (excludes halogenated alkanes) is 1. The molecule has 0 aliphatic rings. The van der Waals surface area contributed by atoms with E-state index in [1.807, 2.05) is 0 Å². The maximum Gasteiger partial charge on any atom is 0.244 e. The molecule has 18 heavy (non-hydrogen) atoms. The summed E-state index contributed by atoms with van der Waals surface area (Å²) in [6.07, 6.45) is 1.56. The predicted octanol–water partition coefficient (Wildman–Crippen LogP) is 0.476. The van der Waals surface area contributed by atoms with Crippen molar-refractivity contribution < 1.29 is 8.42 Å². The normalized spacial score (nSPS) is 11.3. The van der Waals surface area contributed by atoms with Gasteiger partial charge in [-0.1, -0.05) is 0 Å². The van der Waals surface area contributed by atoms with Gasteiger partial charge in [0.2, 0.25) is 10.0 Å². The Kier molecular flexibility index (Phi) is 6.83. The zero-order chi connectivity index (χ0) is 13.1. The van der Waals surface area contributed by atoms with Gasteiger partial charge in [0.05, 0.1) is 11.4 Å². The van der Waals surface area contributed by atoms with Crippen molar-refractivity contribution in [3.8, 4) is 0 Å². The zero-order valence-electron chi connectivity index (χ0n) is 10.9. The Balaban J connectivity index is 0.00000289. The van der Waals surface area contributed by atoms with E-state index >= 15 is 0 Å². The van der Waals surface area contributed by atoms with Crippen LogP contribution in [0.25, 0.3) is 0 Å². The standard InChI is InChI=1S/C10H20N4O2S.ClH/c1-8-10(9(2)14(3)13-8)17(15,16)12-7-5-4-6-11;/h12H,4-7,11H2,1-3H3;1H. The smallest absolute Gasteiger partial charge is 0.244 e. The molecule has 0 atom stereocenters. The number of nitrogens with two attached hydrogens (primary N) is 1. The lowest BCUT2D eigenvalue weighted by Gasteiger charge is -2.06. The third-order valence-electron chi connectivity index (χ3n) is 2.63. The summed E-state index contributed by atoms with van der Waals surface area (Å²) >= 11 is 0. The van der Waals surface area contributed by atoms with Gasteiger partial charge in [0, 0.05) is 13.6 Å². The van der Waals surface area contributed by atoms with Crippen molar-refractivity contribution in [2.24, 2.45) is 12.8 Å². The molecule has 3 N–H and O–H groups in total. The molecule has 0 radical (unpaired) electrons. The zero-order valence-corrected chi connectivity index (χ0v) is 12.6. The molecular weight excluding hydrogens is 276 g/mol. The van der Waals surface area contributed by atoms with E-state index in [0.29, 0.717) is 24.5 Å². The van der Waals surface area contributed by atoms with Gasteiger partial charge in [-0.05, 0) is 33.2 Å². The van der Waals surface area contributed by atoms with Gasteiger partial charge in [-0.2, -0.15) is 5.10 Å². The highest BCUT2D eigenvalue weighted by Crippen LogP contribution is 2.17. The predicted molar refractivity (Wildman–Crippen MR) is 73.4 cm³/mol. The van der Waals surface area contributed by atoms with E-state index in [1.165, 1.54) is 0 Å². The van der Waals surface area contributed by atoms with Crippen molar-refractivity contribution in [1.82, 2.24) is 14.5 Å². The summed E-state index contributed by atoms with van der Waals surface area (Å²) in [6, 6.07) is 0. The number of aryl methyl sites for hydroxylation is 2. The Morgan fingerprint density at radius 1 is 1.33 bits per heavy atom. The number of nitrogens with zero attached hydrogens (tertiary/aromatic N) is 2. The van der Waals surface area contributed by atoms with Crippen molar-refractivity contribution in [2.75, 3.05) is 13.1 Å². The summed E-state index contributed by atoms with van der Waals surface area (Å²) in [4.78, 5) is 0.285. The van der Waals surface area contributed by atoms with Crippen molar-refractivity contribution in [3.63, 3.8) is 0 Å². The fourth-order valence-corrected chi connectivity index (χ4v) is 3.20. The lowest BCUT2D eigenvalue weighted by atomic mass is 10.3. The number of halogens is 1. The number of hydrogen-bond donors (Lipinski definition) is 2. The lowest BCUT2D eigenvalue weighted by molar-refractivity contribution is 0.575. The summed E-state index contributed by atoms with van der Waals surface area (Å²) < 4.78 is 28.3. The number of sulfonamides is 1. The summed E-state index contributed by atoms with van der Waals surface area (Å²) in [7, 11) is -1.72. The third-order valence-corrected chi connectivity index (χ3v) is 4.35. The van der Waals surface area contributed by atoms with E-state index in [-0.39, 0.29) is 17.3 Å². The molecule has 0 saturated carbocycles. The molecule has 0 aromatic carbocycles. The average molecular weight is 297 g/mol. The van der Waals surface area contributed by atoms with E-state index < -0.39 is 10.0 Å². The molecule has 0 amide bonds. The van der Waals surface area contributed by atoms with E-state index in [1.54, 1.807) is 25.6 Å². The first-order valence-electron chi connectivity index (χ1n) is 5.60. The van der Waals surface area contributed by atoms with Crippen LogP contribution in [0.1, 0.15) is 24.2 Å². The second-order valence-corrected chi connectivity index (χ2v) is 5.72. The van der Waals surface area contributed by atoms with Gasteiger partial charge in [-0.25, -0.2) is 13.1 Å². The van der Waals surface area contributed by atoms with Gasteiger partial charge in [0.25, 0.3) is 0 Å². The van der Waals surface area contributed by atoms with Gasteiger partial charge in [-0.3, -0.25) is 4.68 Å². The summed E-state index contributed by atoms with van der Waals surface area (Å²) in [5, 5.41) is 4.10. The van der Waals surface area contributed by atoms with Crippen LogP contribution in [0.5, 0.6) is 0 Å². The Morgan fingerprint density at radius 2 is 1.94 bits per heavy atom. The number of rotatable bonds is 6. The molecule has 0 saturated heterocycles. The van der Waals surface area contributed by atoms with Crippen LogP contribution in [0.2, 0.25) is 0 Å². The average Bonchev–Trinajstić information content (AvgIpc) is 2.48. The Morgan fingerprint density at radius 3 is 2.39 bits per heavy atom. The summed E-state index contributed by atoms with van der Waals surface area (Å²) in [5.74, 6) is 0. The first kappa shape index (κ1) is 17.4. The highest BCUT2D eigenvalue weighted by Gasteiger charge is 2.22. The van der Waals surface area contributed by atoms with Crippen LogP contribution in [-0.2, 0) is 17.1 Å². The molecule has 106 valence electrons. The first-order chi connectivity index (χ1) is 7.90. The molecule has 0 bridgehead atoms. The second kappa shape index (κ2) is 7.08. The quantitative estimate of drug-likeness (QED) is 0.747. The molecular formula is C10H21ClN4O2S. The molecule has 0 aliphatic carbocycles. The second-order valence-electron chi connectivity index (χ2n) is 4.02. The van der Waals surface area contributed by atoms with Crippen molar-refractivity contribution in [1.29, 1.82) is 0 Å². The minimum absolute atomic E-state index is 0. The maximum atomic E-state index is 12.1. The van der Waals surface area contributed by atoms with Crippen molar-refractivity contribution in [3.05, 3.63) is 11.4 Å². The monoisotopic (exact) mass is 296 g/mol. The van der Waals surface area contributed by atoms with Gasteiger partial charge >= 0.3 is 0 Å². The van der Waals surface area contributed by atoms with Crippen molar-refractivity contribution in [2.45, 2.75) is 31.6 Å². The molecule has 0 unspecified atom stereocenters. The number of aromatic nitrogens is 2. The lowest BCUT2D eigenvalue weighted by Crippen LogP contribution is -2.26. The minimum Gasteiger partial charge on any atom is -0.330 e. The molecule has 1 rings (SSSR count). The Labute approximate surface area is 114 Å². The van der Waals surface area contributed by atoms with Crippen LogP contribution in [0.3, 0.4) is 0 Å². The molecule has 1 heterocycles. The SMILES string of the molecule is Cc1nn(C)c(C)c1S(=O)(=O)NCCCCN.Cl. The Bertz CT molecular complexity index is 484. The van der Waals surface area contributed by atoms with Crippen LogP contribution in [-0.4, -0.2) is 31.3 Å². The van der Waals surface area contributed by atoms with E-state index in [0.717, 1.165) is 12.8 Å². The van der Waals surface area contributed by atoms with Gasteiger partial charge < -0.3 is 5.73 Å². The maximum absolute atomic E-state index is 12.1. The third kappa shape index (κ3) is 3.94. The fourth-order valence-electron chi connectivity index (χ4n) is 1.69. The van der Waals surface area contributed by atoms with E-state index in [2.05, 4.69) is 9.82 Å². The first-order valence-corrected chi connectivity index (χ1v) is 7.08. The van der Waals surface area contributed by atoms with Crippen molar-refractivity contribution >= 4 is 22.4 Å². The largest absolute Gasteiger partial charge is 0.330 e. The molecule has 0 fully saturated rings. The molecule has 6 nitrogen and oxygen atoms in total. The van der Waals surface area contributed by atoms with Crippen LogP contribution >= 0.6 is 12.4 Å². The van der Waals surface area contributed by atoms with E-state index in [9.17, 15) is 8.42 Å². The van der Waals surface area contributed by atoms with Gasteiger partial charge in [0.15, 0.2) is 0 Å². The molecule has 0 spiro atoms. The minimum atomic E-state index is -3.46. The van der Waals surface area contributed by atoms with Crippen LogP contribution in [0, 0.1) is 13.8 Å². The summed E-state index contributed by atoms with van der Waals surface area (Å²) in [6.45, 7) is 4.43. The number of hydrogen-bond acceptors (Lipinski definition) is 4. The van der Waals surface area contributed by atoms with Crippen LogP contribution < -0.4 is 10.5 Å². The molecule has 8 heteroatoms. The fraction of sp³-hybridized carbons (Fsp3) is 0.700. The molecule has 1 aromatic heterocycles. The van der Waals surface area contributed by atoms with Crippen LogP contribution in [0.4, 0.5) is 0 Å².